The molecule has 1 heterocycles. The molecule has 1 radical (unpaired) electrons. The maximum atomic E-state index is 10.4. The highest BCUT2D eigenvalue weighted by atomic mass is 35.5. The third-order valence-electron chi connectivity index (χ3n) is 0.698. The van der Waals surface area contributed by atoms with Crippen molar-refractivity contribution in [2.45, 2.75) is 0 Å². The van der Waals surface area contributed by atoms with Gasteiger partial charge in [-0.1, -0.05) is 11.6 Å². The van der Waals surface area contributed by atoms with Crippen LogP contribution in [0.1, 0.15) is 0 Å². The van der Waals surface area contributed by atoms with E-state index in [4.69, 9.17) is 11.6 Å². The van der Waals surface area contributed by atoms with Gasteiger partial charge in [0.25, 0.3) is 0 Å². The molecule has 41 valence electrons. The number of nitrogens with zero attached hydrogens (tertiary/aromatic N) is 1. The van der Waals surface area contributed by atoms with Crippen LogP contribution in [0.4, 0.5) is 0 Å². The summed E-state index contributed by atoms with van der Waals surface area (Å²) in [6, 6.07) is 2.62. The average Bonchev–Trinajstić information content (AvgIpc) is 1.64. The topological polar surface area (TPSA) is 32.8 Å². The van der Waals surface area contributed by atoms with Gasteiger partial charge < -0.3 is 0 Å². The predicted molar refractivity (Wildman–Crippen MR) is 29.4 cm³/mol. The number of hydrogen-bond donors (Lipinski definition) is 0. The quantitative estimate of drug-likeness (QED) is 0.491. The lowest BCUT2D eigenvalue weighted by molar-refractivity contribution is 0.354. The summed E-state index contributed by atoms with van der Waals surface area (Å²) < 4.78 is 0. The zero-order valence-electron chi connectivity index (χ0n) is 3.97. The molecule has 3 heteroatoms. The summed E-state index contributed by atoms with van der Waals surface area (Å²) >= 11 is 5.33. The van der Waals surface area contributed by atoms with E-state index in [-0.39, 0.29) is 10.9 Å². The fraction of sp³-hybridized carbons (Fsp3) is 0. The first-order valence-corrected chi connectivity index (χ1v) is 2.45. The van der Waals surface area contributed by atoms with Crippen LogP contribution < -0.4 is 0 Å². The maximum absolute atomic E-state index is 10.4. The number of aromatic nitrogens is 1. The van der Waals surface area contributed by atoms with Gasteiger partial charge in [0.1, 0.15) is 5.15 Å². The minimum Gasteiger partial charge on any atom is -0.290 e. The van der Waals surface area contributed by atoms with Crippen molar-refractivity contribution in [3.8, 4) is 5.75 Å². The van der Waals surface area contributed by atoms with Crippen LogP contribution >= 0.6 is 11.6 Å². The van der Waals surface area contributed by atoms with Crippen molar-refractivity contribution in [3.63, 3.8) is 0 Å². The predicted octanol–water partition coefficient (Wildman–Crippen LogP) is 1.88. The molecule has 0 bridgehead atoms. The van der Waals surface area contributed by atoms with Crippen LogP contribution in [-0.2, 0) is 5.11 Å². The first-order chi connectivity index (χ1) is 3.79. The van der Waals surface area contributed by atoms with Gasteiger partial charge in [-0.2, -0.15) is 0 Å². The summed E-state index contributed by atoms with van der Waals surface area (Å²) in [6.45, 7) is 0. The van der Waals surface area contributed by atoms with Gasteiger partial charge in [-0.25, -0.2) is 4.98 Å². The van der Waals surface area contributed by atoms with Gasteiger partial charge in [-0.3, -0.25) is 5.11 Å². The summed E-state index contributed by atoms with van der Waals surface area (Å²) in [5.41, 5.74) is 0. The molecule has 0 aliphatic heterocycles. The van der Waals surface area contributed by atoms with Crippen molar-refractivity contribution in [2.24, 2.45) is 0 Å². The van der Waals surface area contributed by atoms with E-state index in [1.54, 1.807) is 0 Å². The van der Waals surface area contributed by atoms with Crippen LogP contribution in [0.2, 0.25) is 5.15 Å². The summed E-state index contributed by atoms with van der Waals surface area (Å²) in [7, 11) is 0. The number of halogens is 1. The molecule has 0 aromatic carbocycles. The number of rotatable bonds is 0. The molecular weight excluding hydrogens is 126 g/mol. The van der Waals surface area contributed by atoms with Gasteiger partial charge >= 0.3 is 0 Å². The van der Waals surface area contributed by atoms with Crippen molar-refractivity contribution < 1.29 is 5.11 Å². The third kappa shape index (κ3) is 1.10. The summed E-state index contributed by atoms with van der Waals surface area (Å²) in [4.78, 5) is 3.61. The SMILES string of the molecule is [O]c1ccnc(Cl)c1. The molecule has 0 saturated carbocycles. The number of hydrogen-bond acceptors (Lipinski definition) is 1. The van der Waals surface area contributed by atoms with Gasteiger partial charge in [0.15, 0.2) is 5.75 Å². The Labute approximate surface area is 51.7 Å². The molecule has 0 aliphatic rings. The van der Waals surface area contributed by atoms with Crippen LogP contribution in [0.25, 0.3) is 0 Å². The molecule has 0 atom stereocenters. The van der Waals surface area contributed by atoms with E-state index in [0.717, 1.165) is 0 Å². The van der Waals surface area contributed by atoms with Crippen molar-refractivity contribution in [1.82, 2.24) is 4.98 Å². The van der Waals surface area contributed by atoms with Crippen LogP contribution in [0.5, 0.6) is 5.75 Å². The molecule has 8 heavy (non-hydrogen) atoms. The average molecular weight is 129 g/mol. The van der Waals surface area contributed by atoms with E-state index in [1.165, 1.54) is 18.3 Å². The zero-order valence-corrected chi connectivity index (χ0v) is 4.72. The molecule has 1 aromatic heterocycles. The second kappa shape index (κ2) is 2.01. The molecule has 0 saturated heterocycles. The fourth-order valence-electron chi connectivity index (χ4n) is 0.385. The highest BCUT2D eigenvalue weighted by Gasteiger charge is 1.89. The molecular formula is C5H3ClNO. The van der Waals surface area contributed by atoms with Gasteiger partial charge in [0.2, 0.25) is 0 Å². The Balaban J connectivity index is 3.08. The Hall–Kier alpha value is -0.760. The third-order valence-corrected chi connectivity index (χ3v) is 0.905. The Bertz CT molecular complexity index is 172. The molecule has 0 N–H and O–H groups in total. The molecule has 1 aromatic rings. The molecule has 1 rings (SSSR count). The Morgan fingerprint density at radius 1 is 1.62 bits per heavy atom. The molecule has 0 amide bonds. The zero-order chi connectivity index (χ0) is 5.98. The second-order valence-electron chi connectivity index (χ2n) is 1.31. The van der Waals surface area contributed by atoms with Gasteiger partial charge in [0, 0.05) is 18.3 Å². The molecule has 0 fully saturated rings. The summed E-state index contributed by atoms with van der Waals surface area (Å²) in [5.74, 6) is -0.106. The lowest BCUT2D eigenvalue weighted by Crippen LogP contribution is -1.68. The molecule has 0 aliphatic carbocycles. The monoisotopic (exact) mass is 128 g/mol. The van der Waals surface area contributed by atoms with Crippen LogP contribution in [0.3, 0.4) is 0 Å². The Morgan fingerprint density at radius 3 is 2.75 bits per heavy atom. The van der Waals surface area contributed by atoms with Crippen LogP contribution in [0.15, 0.2) is 18.3 Å². The standard InChI is InChI=1S/C5H3ClNO/c6-5-3-4(8)1-2-7-5/h1-3H. The van der Waals surface area contributed by atoms with E-state index in [1.807, 2.05) is 0 Å². The van der Waals surface area contributed by atoms with E-state index in [2.05, 4.69) is 4.98 Å². The van der Waals surface area contributed by atoms with Crippen molar-refractivity contribution in [1.29, 1.82) is 0 Å². The van der Waals surface area contributed by atoms with Gasteiger partial charge in [-0.05, 0) is 0 Å². The van der Waals surface area contributed by atoms with E-state index in [0.29, 0.717) is 0 Å². The van der Waals surface area contributed by atoms with Crippen molar-refractivity contribution >= 4 is 11.6 Å². The Kier molecular flexibility index (Phi) is 1.35. The lowest BCUT2D eigenvalue weighted by atomic mass is 10.5. The van der Waals surface area contributed by atoms with E-state index < -0.39 is 0 Å². The highest BCUT2D eigenvalue weighted by Crippen LogP contribution is 2.11. The van der Waals surface area contributed by atoms with Crippen LogP contribution in [0, 0.1) is 0 Å². The van der Waals surface area contributed by atoms with Crippen molar-refractivity contribution in [3.05, 3.63) is 23.5 Å². The summed E-state index contributed by atoms with van der Waals surface area (Å²) in [6.07, 6.45) is 1.38. The van der Waals surface area contributed by atoms with Crippen LogP contribution in [-0.4, -0.2) is 4.98 Å². The first kappa shape index (κ1) is 5.38. The maximum Gasteiger partial charge on any atom is 0.183 e. The normalized spacial score (nSPS) is 9.12. The van der Waals surface area contributed by atoms with E-state index >= 15 is 0 Å². The number of pyridine rings is 1. The lowest BCUT2D eigenvalue weighted by Gasteiger charge is -1.84. The van der Waals surface area contributed by atoms with Crippen molar-refractivity contribution in [2.75, 3.05) is 0 Å². The van der Waals surface area contributed by atoms with Gasteiger partial charge in [0.05, 0.1) is 0 Å². The highest BCUT2D eigenvalue weighted by molar-refractivity contribution is 6.29. The molecule has 0 spiro atoms. The fourth-order valence-corrected chi connectivity index (χ4v) is 0.549. The van der Waals surface area contributed by atoms with E-state index in [9.17, 15) is 5.11 Å². The smallest absolute Gasteiger partial charge is 0.183 e. The first-order valence-electron chi connectivity index (χ1n) is 2.07. The largest absolute Gasteiger partial charge is 0.290 e. The minimum atomic E-state index is -0.106. The molecule has 0 unspecified atom stereocenters. The Morgan fingerprint density at radius 2 is 2.38 bits per heavy atom. The molecule has 2 nitrogen and oxygen atoms in total. The van der Waals surface area contributed by atoms with Gasteiger partial charge in [-0.15, -0.1) is 0 Å². The second-order valence-corrected chi connectivity index (χ2v) is 1.70. The summed E-state index contributed by atoms with van der Waals surface area (Å²) in [5, 5.41) is 10.6. The minimum absolute atomic E-state index is 0.106.